The first-order chi connectivity index (χ1) is 12.7. The van der Waals surface area contributed by atoms with Crippen LogP contribution >= 0.6 is 15.9 Å². The van der Waals surface area contributed by atoms with E-state index in [1.807, 2.05) is 48.5 Å². The third kappa shape index (κ3) is 3.55. The molecule has 0 aliphatic carbocycles. The van der Waals surface area contributed by atoms with Gasteiger partial charge in [0.2, 0.25) is 0 Å². The maximum absolute atomic E-state index is 13.0. The second-order valence-corrected chi connectivity index (χ2v) is 7.31. The van der Waals surface area contributed by atoms with Crippen LogP contribution in [0.1, 0.15) is 29.8 Å². The number of rotatable bonds is 3. The SMILES string of the molecule is O=C(Nc1ccc(Br)cc1)c1nc2ccccc2nc1N1CCCCC1. The smallest absolute Gasteiger partial charge is 0.278 e. The lowest BCUT2D eigenvalue weighted by atomic mass is 10.1. The number of carbonyl (C=O) groups excluding carboxylic acids is 1. The van der Waals surface area contributed by atoms with Gasteiger partial charge in [-0.15, -0.1) is 0 Å². The lowest BCUT2D eigenvalue weighted by Gasteiger charge is -2.29. The van der Waals surface area contributed by atoms with Crippen molar-refractivity contribution in [2.75, 3.05) is 23.3 Å². The van der Waals surface area contributed by atoms with E-state index in [9.17, 15) is 4.79 Å². The highest BCUT2D eigenvalue weighted by Crippen LogP contribution is 2.25. The number of benzene rings is 2. The molecule has 4 rings (SSSR count). The van der Waals surface area contributed by atoms with Crippen LogP contribution in [-0.2, 0) is 0 Å². The van der Waals surface area contributed by atoms with Crippen LogP contribution in [0, 0.1) is 0 Å². The lowest BCUT2D eigenvalue weighted by molar-refractivity contribution is 0.102. The Morgan fingerprint density at radius 2 is 1.58 bits per heavy atom. The molecule has 0 radical (unpaired) electrons. The van der Waals surface area contributed by atoms with Crippen molar-refractivity contribution in [3.8, 4) is 0 Å². The Labute approximate surface area is 160 Å². The number of anilines is 2. The number of hydrogen-bond acceptors (Lipinski definition) is 4. The van der Waals surface area contributed by atoms with Gasteiger partial charge in [0, 0.05) is 23.2 Å². The van der Waals surface area contributed by atoms with Crippen LogP contribution in [0.5, 0.6) is 0 Å². The van der Waals surface area contributed by atoms with Gasteiger partial charge in [-0.05, 0) is 55.7 Å². The first-order valence-corrected chi connectivity index (χ1v) is 9.59. The third-order valence-corrected chi connectivity index (χ3v) is 5.05. The average Bonchev–Trinajstić information content (AvgIpc) is 2.69. The highest BCUT2D eigenvalue weighted by atomic mass is 79.9. The molecule has 1 aromatic heterocycles. The van der Waals surface area contributed by atoms with Gasteiger partial charge >= 0.3 is 0 Å². The fourth-order valence-corrected chi connectivity index (χ4v) is 3.46. The molecule has 1 fully saturated rings. The molecular weight excluding hydrogens is 392 g/mol. The molecule has 0 unspecified atom stereocenters. The Bertz CT molecular complexity index is 936. The van der Waals surface area contributed by atoms with Crippen molar-refractivity contribution in [3.05, 3.63) is 58.7 Å². The van der Waals surface area contributed by atoms with Gasteiger partial charge in [-0.3, -0.25) is 4.79 Å². The van der Waals surface area contributed by atoms with Crippen LogP contribution in [0.4, 0.5) is 11.5 Å². The third-order valence-electron chi connectivity index (χ3n) is 4.52. The average molecular weight is 411 g/mol. The Balaban J connectivity index is 1.73. The topological polar surface area (TPSA) is 58.1 Å². The summed E-state index contributed by atoms with van der Waals surface area (Å²) in [6, 6.07) is 15.2. The summed E-state index contributed by atoms with van der Waals surface area (Å²) in [5.74, 6) is 0.448. The summed E-state index contributed by atoms with van der Waals surface area (Å²) in [7, 11) is 0. The maximum Gasteiger partial charge on any atom is 0.278 e. The predicted octanol–water partition coefficient (Wildman–Crippen LogP) is 4.63. The molecule has 1 saturated heterocycles. The van der Waals surface area contributed by atoms with Gasteiger partial charge in [0.15, 0.2) is 11.5 Å². The van der Waals surface area contributed by atoms with Crippen molar-refractivity contribution >= 4 is 44.4 Å². The van der Waals surface area contributed by atoms with Crippen molar-refractivity contribution < 1.29 is 4.79 Å². The predicted molar refractivity (Wildman–Crippen MR) is 108 cm³/mol. The Hall–Kier alpha value is -2.47. The minimum atomic E-state index is -0.230. The molecule has 1 N–H and O–H groups in total. The zero-order valence-electron chi connectivity index (χ0n) is 14.3. The summed E-state index contributed by atoms with van der Waals surface area (Å²) in [5, 5.41) is 2.94. The minimum Gasteiger partial charge on any atom is -0.355 e. The van der Waals surface area contributed by atoms with Crippen LogP contribution in [0.3, 0.4) is 0 Å². The number of aromatic nitrogens is 2. The van der Waals surface area contributed by atoms with E-state index in [2.05, 4.69) is 31.1 Å². The Morgan fingerprint density at radius 1 is 0.923 bits per heavy atom. The number of amides is 1. The fourth-order valence-electron chi connectivity index (χ4n) is 3.19. The van der Waals surface area contributed by atoms with Gasteiger partial charge in [0.1, 0.15) is 0 Å². The van der Waals surface area contributed by atoms with E-state index in [0.717, 1.165) is 47.1 Å². The maximum atomic E-state index is 13.0. The van der Waals surface area contributed by atoms with Gasteiger partial charge in [-0.2, -0.15) is 0 Å². The molecule has 0 bridgehead atoms. The highest BCUT2D eigenvalue weighted by molar-refractivity contribution is 9.10. The van der Waals surface area contributed by atoms with E-state index in [1.54, 1.807) is 0 Å². The summed E-state index contributed by atoms with van der Waals surface area (Å²) >= 11 is 3.41. The summed E-state index contributed by atoms with van der Waals surface area (Å²) < 4.78 is 0.968. The number of para-hydroxylation sites is 2. The van der Waals surface area contributed by atoms with Crippen LogP contribution in [-0.4, -0.2) is 29.0 Å². The number of hydrogen-bond donors (Lipinski definition) is 1. The Morgan fingerprint density at radius 3 is 2.27 bits per heavy atom. The van der Waals surface area contributed by atoms with E-state index < -0.39 is 0 Å². The first kappa shape index (κ1) is 17.0. The van der Waals surface area contributed by atoms with Crippen molar-refractivity contribution in [1.29, 1.82) is 0 Å². The summed E-state index contributed by atoms with van der Waals surface area (Å²) in [6.45, 7) is 1.82. The molecule has 1 amide bonds. The molecule has 1 aliphatic heterocycles. The number of fused-ring (bicyclic) bond motifs is 1. The molecule has 26 heavy (non-hydrogen) atoms. The molecule has 132 valence electrons. The van der Waals surface area contributed by atoms with E-state index >= 15 is 0 Å². The normalized spacial score (nSPS) is 14.4. The number of halogens is 1. The molecule has 3 aromatic rings. The number of carbonyl (C=O) groups is 1. The molecule has 2 heterocycles. The Kier molecular flexibility index (Phi) is 4.84. The number of piperidine rings is 1. The molecule has 2 aromatic carbocycles. The molecule has 0 spiro atoms. The lowest BCUT2D eigenvalue weighted by Crippen LogP contribution is -2.33. The number of nitrogens with zero attached hydrogens (tertiary/aromatic N) is 3. The van der Waals surface area contributed by atoms with Crippen LogP contribution < -0.4 is 10.2 Å². The highest BCUT2D eigenvalue weighted by Gasteiger charge is 2.22. The molecule has 0 saturated carbocycles. The second-order valence-electron chi connectivity index (χ2n) is 6.39. The zero-order valence-corrected chi connectivity index (χ0v) is 15.9. The molecule has 1 aliphatic rings. The molecular formula is C20H19BrN4O. The van der Waals surface area contributed by atoms with Crippen molar-refractivity contribution in [2.24, 2.45) is 0 Å². The largest absolute Gasteiger partial charge is 0.355 e. The fraction of sp³-hybridized carbons (Fsp3) is 0.250. The van der Waals surface area contributed by atoms with E-state index in [1.165, 1.54) is 6.42 Å². The zero-order chi connectivity index (χ0) is 17.9. The number of nitrogens with one attached hydrogen (secondary N) is 1. The van der Waals surface area contributed by atoms with Crippen LogP contribution in [0.25, 0.3) is 11.0 Å². The van der Waals surface area contributed by atoms with Gasteiger partial charge in [-0.1, -0.05) is 28.1 Å². The summed E-state index contributed by atoms with van der Waals surface area (Å²) in [5.41, 5.74) is 2.66. The summed E-state index contributed by atoms with van der Waals surface area (Å²) in [4.78, 5) is 24.5. The molecule has 5 nitrogen and oxygen atoms in total. The van der Waals surface area contributed by atoms with E-state index in [0.29, 0.717) is 11.5 Å². The second kappa shape index (κ2) is 7.41. The van der Waals surface area contributed by atoms with Gasteiger partial charge in [-0.25, -0.2) is 9.97 Å². The molecule has 6 heteroatoms. The quantitative estimate of drug-likeness (QED) is 0.683. The van der Waals surface area contributed by atoms with E-state index in [-0.39, 0.29) is 5.91 Å². The first-order valence-electron chi connectivity index (χ1n) is 8.79. The standard InChI is InChI=1S/C20H19BrN4O/c21-14-8-10-15(11-9-14)22-20(26)18-19(25-12-4-1-5-13-25)24-17-7-3-2-6-16(17)23-18/h2-3,6-11H,1,4-5,12-13H2,(H,22,26). The van der Waals surface area contributed by atoms with Crippen LogP contribution in [0.15, 0.2) is 53.0 Å². The van der Waals surface area contributed by atoms with Crippen molar-refractivity contribution in [3.63, 3.8) is 0 Å². The van der Waals surface area contributed by atoms with Crippen molar-refractivity contribution in [2.45, 2.75) is 19.3 Å². The van der Waals surface area contributed by atoms with E-state index in [4.69, 9.17) is 4.98 Å². The molecule has 0 atom stereocenters. The van der Waals surface area contributed by atoms with Gasteiger partial charge in [0.25, 0.3) is 5.91 Å². The van der Waals surface area contributed by atoms with Crippen molar-refractivity contribution in [1.82, 2.24) is 9.97 Å². The van der Waals surface area contributed by atoms with Gasteiger partial charge < -0.3 is 10.2 Å². The van der Waals surface area contributed by atoms with Crippen LogP contribution in [0.2, 0.25) is 0 Å². The summed E-state index contributed by atoms with van der Waals surface area (Å²) in [6.07, 6.45) is 3.45. The minimum absolute atomic E-state index is 0.230. The van der Waals surface area contributed by atoms with Gasteiger partial charge in [0.05, 0.1) is 11.0 Å². The monoisotopic (exact) mass is 410 g/mol.